The van der Waals surface area contributed by atoms with Crippen molar-refractivity contribution in [3.8, 4) is 5.75 Å². The number of rotatable bonds is 6. The van der Waals surface area contributed by atoms with Gasteiger partial charge in [-0.15, -0.1) is 0 Å². The second kappa shape index (κ2) is 7.64. The molecule has 2 aromatic rings. The number of amides is 1. The van der Waals surface area contributed by atoms with Crippen molar-refractivity contribution < 1.29 is 9.53 Å². The smallest absolute Gasteiger partial charge is 0.223 e. The zero-order chi connectivity index (χ0) is 15.9. The van der Waals surface area contributed by atoms with E-state index in [1.54, 1.807) is 0 Å². The average molecular weight is 297 g/mol. The molecule has 0 saturated carbocycles. The van der Waals surface area contributed by atoms with E-state index in [4.69, 9.17) is 4.74 Å². The van der Waals surface area contributed by atoms with E-state index in [1.807, 2.05) is 63.2 Å². The van der Waals surface area contributed by atoms with Gasteiger partial charge in [-0.2, -0.15) is 0 Å². The number of carbonyl (C=O) groups excluding carboxylic acids is 1. The number of carbonyl (C=O) groups is 1. The van der Waals surface area contributed by atoms with Crippen LogP contribution < -0.4 is 10.1 Å². The predicted molar refractivity (Wildman–Crippen MR) is 89.0 cm³/mol. The van der Waals surface area contributed by atoms with Crippen LogP contribution in [-0.2, 0) is 4.79 Å². The van der Waals surface area contributed by atoms with E-state index in [9.17, 15) is 4.79 Å². The van der Waals surface area contributed by atoms with Gasteiger partial charge in [0.05, 0.1) is 19.1 Å². The van der Waals surface area contributed by atoms with Crippen LogP contribution in [0, 0.1) is 13.8 Å². The van der Waals surface area contributed by atoms with E-state index in [2.05, 4.69) is 11.4 Å². The highest BCUT2D eigenvalue weighted by Crippen LogP contribution is 2.19. The summed E-state index contributed by atoms with van der Waals surface area (Å²) in [7, 11) is 0. The molecule has 0 fully saturated rings. The molecular weight excluding hydrogens is 274 g/mol. The third kappa shape index (κ3) is 4.62. The molecule has 116 valence electrons. The highest BCUT2D eigenvalue weighted by Gasteiger charge is 2.09. The van der Waals surface area contributed by atoms with Gasteiger partial charge in [0.25, 0.3) is 0 Å². The van der Waals surface area contributed by atoms with E-state index >= 15 is 0 Å². The molecule has 1 unspecified atom stereocenters. The summed E-state index contributed by atoms with van der Waals surface area (Å²) in [6, 6.07) is 16.0. The van der Waals surface area contributed by atoms with Crippen molar-refractivity contribution in [2.24, 2.45) is 0 Å². The summed E-state index contributed by atoms with van der Waals surface area (Å²) in [6.07, 6.45) is 0.352. The number of aryl methyl sites for hydroxylation is 2. The Morgan fingerprint density at radius 2 is 1.86 bits per heavy atom. The van der Waals surface area contributed by atoms with E-state index in [1.165, 1.54) is 0 Å². The summed E-state index contributed by atoms with van der Waals surface area (Å²) >= 11 is 0. The molecule has 22 heavy (non-hydrogen) atoms. The Morgan fingerprint density at radius 1 is 1.14 bits per heavy atom. The van der Waals surface area contributed by atoms with Crippen LogP contribution in [0.5, 0.6) is 5.75 Å². The van der Waals surface area contributed by atoms with Crippen molar-refractivity contribution in [2.75, 3.05) is 6.61 Å². The van der Waals surface area contributed by atoms with Crippen LogP contribution in [0.4, 0.5) is 0 Å². The molecule has 0 radical (unpaired) electrons. The highest BCUT2D eigenvalue weighted by atomic mass is 16.5. The van der Waals surface area contributed by atoms with Gasteiger partial charge in [-0.1, -0.05) is 42.5 Å². The summed E-state index contributed by atoms with van der Waals surface area (Å²) in [6.45, 7) is 6.41. The molecule has 1 N–H and O–H groups in total. The first-order valence-corrected chi connectivity index (χ1v) is 7.60. The van der Waals surface area contributed by atoms with Crippen LogP contribution in [0.15, 0.2) is 48.5 Å². The van der Waals surface area contributed by atoms with Crippen LogP contribution in [0.3, 0.4) is 0 Å². The van der Waals surface area contributed by atoms with Gasteiger partial charge in [0.15, 0.2) is 0 Å². The Kier molecular flexibility index (Phi) is 5.59. The molecule has 3 nitrogen and oxygen atoms in total. The molecule has 1 amide bonds. The second-order valence-electron chi connectivity index (χ2n) is 5.57. The molecule has 0 aliphatic heterocycles. The normalized spacial score (nSPS) is 11.8. The summed E-state index contributed by atoms with van der Waals surface area (Å²) in [5, 5.41) is 2.99. The van der Waals surface area contributed by atoms with Crippen molar-refractivity contribution in [3.05, 3.63) is 65.2 Å². The molecule has 2 rings (SSSR count). The Labute approximate surface area is 132 Å². The lowest BCUT2D eigenvalue weighted by Gasteiger charge is -2.15. The largest absolute Gasteiger partial charge is 0.493 e. The molecule has 0 heterocycles. The topological polar surface area (TPSA) is 38.3 Å². The van der Waals surface area contributed by atoms with Crippen molar-refractivity contribution in [2.45, 2.75) is 33.2 Å². The predicted octanol–water partition coefficient (Wildman–Crippen LogP) is 3.95. The first kappa shape index (κ1) is 16.1. The minimum atomic E-state index is 0.00154. The Hall–Kier alpha value is -2.29. The van der Waals surface area contributed by atoms with Gasteiger partial charge in [-0.25, -0.2) is 0 Å². The summed E-state index contributed by atoms with van der Waals surface area (Å²) in [5.41, 5.74) is 3.35. The first-order valence-electron chi connectivity index (χ1n) is 7.60. The highest BCUT2D eigenvalue weighted by molar-refractivity contribution is 5.76. The molecule has 0 bridgehead atoms. The molecule has 0 spiro atoms. The second-order valence-corrected chi connectivity index (χ2v) is 5.57. The molecule has 2 aromatic carbocycles. The molecule has 0 aromatic heterocycles. The Morgan fingerprint density at radius 3 is 2.59 bits per heavy atom. The number of ether oxygens (including phenoxy) is 1. The first-order chi connectivity index (χ1) is 10.6. The maximum Gasteiger partial charge on any atom is 0.223 e. The van der Waals surface area contributed by atoms with Gasteiger partial charge in [0, 0.05) is 0 Å². The minimum absolute atomic E-state index is 0.00154. The third-order valence-corrected chi connectivity index (χ3v) is 3.61. The molecule has 0 aliphatic carbocycles. The Bertz CT molecular complexity index is 623. The maximum atomic E-state index is 12.0. The van der Waals surface area contributed by atoms with Gasteiger partial charge < -0.3 is 10.1 Å². The zero-order valence-corrected chi connectivity index (χ0v) is 13.4. The number of hydrogen-bond donors (Lipinski definition) is 1. The van der Waals surface area contributed by atoms with E-state index in [-0.39, 0.29) is 11.9 Å². The summed E-state index contributed by atoms with van der Waals surface area (Å²) in [5.74, 6) is 0.852. The summed E-state index contributed by atoms with van der Waals surface area (Å²) in [4.78, 5) is 12.0. The van der Waals surface area contributed by atoms with Gasteiger partial charge >= 0.3 is 0 Å². The van der Waals surface area contributed by atoms with Crippen LogP contribution in [-0.4, -0.2) is 12.5 Å². The fraction of sp³-hybridized carbons (Fsp3) is 0.316. The molecular formula is C19H23NO2. The lowest BCUT2D eigenvalue weighted by Crippen LogP contribution is -2.27. The van der Waals surface area contributed by atoms with Gasteiger partial charge in [0.1, 0.15) is 5.75 Å². The fourth-order valence-electron chi connectivity index (χ4n) is 2.26. The lowest BCUT2D eigenvalue weighted by atomic mass is 10.1. The van der Waals surface area contributed by atoms with Crippen molar-refractivity contribution in [1.29, 1.82) is 0 Å². The average Bonchev–Trinajstić information content (AvgIpc) is 2.51. The quantitative estimate of drug-likeness (QED) is 0.876. The van der Waals surface area contributed by atoms with E-state index in [0.717, 1.165) is 22.4 Å². The molecule has 0 saturated heterocycles. The Balaban J connectivity index is 1.79. The molecule has 1 atom stereocenters. The number of hydrogen-bond acceptors (Lipinski definition) is 2. The van der Waals surface area contributed by atoms with Crippen LogP contribution in [0.2, 0.25) is 0 Å². The fourth-order valence-corrected chi connectivity index (χ4v) is 2.26. The third-order valence-electron chi connectivity index (χ3n) is 3.61. The van der Waals surface area contributed by atoms with Crippen molar-refractivity contribution in [1.82, 2.24) is 5.32 Å². The van der Waals surface area contributed by atoms with Gasteiger partial charge in [-0.05, 0) is 43.5 Å². The van der Waals surface area contributed by atoms with E-state index < -0.39 is 0 Å². The lowest BCUT2D eigenvalue weighted by molar-refractivity contribution is -0.122. The SMILES string of the molecule is Cc1ccc(C)c(OCCC(=O)NC(C)c2ccccc2)c1. The standard InChI is InChI=1S/C19H23NO2/c1-14-9-10-15(2)18(13-14)22-12-11-19(21)20-16(3)17-7-5-4-6-8-17/h4-10,13,16H,11-12H2,1-3H3,(H,20,21). The summed E-state index contributed by atoms with van der Waals surface area (Å²) < 4.78 is 5.71. The van der Waals surface area contributed by atoms with Crippen molar-refractivity contribution in [3.63, 3.8) is 0 Å². The molecule has 3 heteroatoms. The number of benzene rings is 2. The van der Waals surface area contributed by atoms with E-state index in [0.29, 0.717) is 13.0 Å². The molecule has 0 aliphatic rings. The van der Waals surface area contributed by atoms with Gasteiger partial charge in [0.2, 0.25) is 5.91 Å². The number of nitrogens with one attached hydrogen (secondary N) is 1. The maximum absolute atomic E-state index is 12.0. The van der Waals surface area contributed by atoms with Crippen LogP contribution in [0.1, 0.15) is 36.1 Å². The monoisotopic (exact) mass is 297 g/mol. The van der Waals surface area contributed by atoms with Crippen LogP contribution >= 0.6 is 0 Å². The zero-order valence-electron chi connectivity index (χ0n) is 13.4. The minimum Gasteiger partial charge on any atom is -0.493 e. The van der Waals surface area contributed by atoms with Gasteiger partial charge in [-0.3, -0.25) is 4.79 Å². The van der Waals surface area contributed by atoms with Crippen molar-refractivity contribution >= 4 is 5.91 Å². The van der Waals surface area contributed by atoms with Crippen LogP contribution in [0.25, 0.3) is 0 Å².